The number of nitrogens with zero attached hydrogens (tertiary/aromatic N) is 1. The van der Waals surface area contributed by atoms with Crippen LogP contribution in [-0.4, -0.2) is 74.9 Å². The first kappa shape index (κ1) is 26.7. The van der Waals surface area contributed by atoms with E-state index in [0.29, 0.717) is 45.1 Å². The average molecular weight is 532 g/mol. The van der Waals surface area contributed by atoms with Crippen LogP contribution in [0.5, 0.6) is 0 Å². The predicted octanol–water partition coefficient (Wildman–Crippen LogP) is 2.10. The molecular weight excluding hydrogens is 490 g/mol. The lowest BCUT2D eigenvalue weighted by atomic mass is 9.41. The maximum Gasteiger partial charge on any atom is 0.331 e. The number of carbonyl (C=O) groups is 1. The second kappa shape index (κ2) is 8.98. The fourth-order valence-corrected chi connectivity index (χ4v) is 9.69. The van der Waals surface area contributed by atoms with Gasteiger partial charge in [0, 0.05) is 24.3 Å². The molecule has 9 heteroatoms. The van der Waals surface area contributed by atoms with Crippen molar-refractivity contribution in [3.63, 3.8) is 0 Å². The summed E-state index contributed by atoms with van der Waals surface area (Å²) < 4.78 is 17.2. The van der Waals surface area contributed by atoms with Gasteiger partial charge in [-0.1, -0.05) is 6.92 Å². The first-order chi connectivity index (χ1) is 18.0. The summed E-state index contributed by atoms with van der Waals surface area (Å²) in [6.07, 6.45) is 3.63. The van der Waals surface area contributed by atoms with Gasteiger partial charge in [0.05, 0.1) is 41.0 Å². The van der Waals surface area contributed by atoms with Gasteiger partial charge in [0.15, 0.2) is 6.29 Å². The van der Waals surface area contributed by atoms with E-state index < -0.39 is 46.6 Å². The summed E-state index contributed by atoms with van der Waals surface area (Å²) in [7, 11) is 0. The Morgan fingerprint density at radius 3 is 2.53 bits per heavy atom. The monoisotopic (exact) mass is 531 g/mol. The van der Waals surface area contributed by atoms with Gasteiger partial charge in [-0.05, 0) is 81.6 Å². The Labute approximate surface area is 223 Å². The molecule has 4 saturated carbocycles. The topological polar surface area (TPSA) is 149 Å². The fourth-order valence-electron chi connectivity index (χ4n) is 9.69. The molecule has 9 nitrogen and oxygen atoms in total. The average Bonchev–Trinajstić information content (AvgIpc) is 3.41. The summed E-state index contributed by atoms with van der Waals surface area (Å²) in [6, 6.07) is 2.59. The van der Waals surface area contributed by atoms with Crippen LogP contribution in [0.15, 0.2) is 11.6 Å². The zero-order chi connectivity index (χ0) is 27.1. The lowest BCUT2D eigenvalue weighted by Crippen LogP contribution is -2.68. The van der Waals surface area contributed by atoms with Crippen LogP contribution in [0.3, 0.4) is 0 Å². The van der Waals surface area contributed by atoms with Crippen LogP contribution in [0.1, 0.15) is 78.1 Å². The first-order valence-electron chi connectivity index (χ1n) is 14.4. The Morgan fingerprint density at radius 2 is 1.84 bits per heavy atom. The lowest BCUT2D eigenvalue weighted by molar-refractivity contribution is -0.284. The van der Waals surface area contributed by atoms with Gasteiger partial charge in [-0.25, -0.2) is 4.79 Å². The van der Waals surface area contributed by atoms with E-state index >= 15 is 0 Å². The summed E-state index contributed by atoms with van der Waals surface area (Å²) >= 11 is 0. The van der Waals surface area contributed by atoms with Crippen molar-refractivity contribution in [1.29, 1.82) is 5.26 Å². The van der Waals surface area contributed by atoms with Gasteiger partial charge in [0.2, 0.25) is 0 Å². The van der Waals surface area contributed by atoms with Crippen molar-refractivity contribution >= 4 is 5.97 Å². The van der Waals surface area contributed by atoms with E-state index in [4.69, 9.17) is 14.2 Å². The summed E-state index contributed by atoms with van der Waals surface area (Å²) in [4.78, 5) is 11.8. The van der Waals surface area contributed by atoms with Crippen molar-refractivity contribution in [3.8, 4) is 6.07 Å². The van der Waals surface area contributed by atoms with Crippen LogP contribution in [-0.2, 0) is 19.0 Å². The summed E-state index contributed by atoms with van der Waals surface area (Å²) in [5.41, 5.74) is -2.59. The number of hydrogen-bond acceptors (Lipinski definition) is 9. The highest BCUT2D eigenvalue weighted by Crippen LogP contribution is 2.70. The number of nitriles is 1. The van der Waals surface area contributed by atoms with E-state index in [2.05, 4.69) is 13.0 Å². The maximum atomic E-state index is 12.4. The molecule has 0 spiro atoms. The Kier molecular flexibility index (Phi) is 6.31. The van der Waals surface area contributed by atoms with Crippen molar-refractivity contribution in [2.24, 2.45) is 28.6 Å². The molecule has 4 N–H and O–H groups in total. The molecule has 6 rings (SSSR count). The molecule has 0 amide bonds. The second-order valence-corrected chi connectivity index (χ2v) is 13.2. The summed E-state index contributed by atoms with van der Waals surface area (Å²) in [6.45, 7) is 4.14. The molecule has 38 heavy (non-hydrogen) atoms. The van der Waals surface area contributed by atoms with Crippen molar-refractivity contribution in [2.75, 3.05) is 6.61 Å². The minimum absolute atomic E-state index is 0.0784. The van der Waals surface area contributed by atoms with E-state index in [1.165, 1.54) is 0 Å². The number of aliphatic hydroxyl groups is 4. The SMILES string of the molecule is C[C@@H]1O[C@H](O[C@@H]2CC[C@]3(C#N)[C@H]4CC[C@]5(C)[C@H](C6=CC(=O)OC6)CC[C@]5(O)[C@@H]4CC[C@]3(O)C2)C[C@@H](O)[C@@H]1O. The number of aliphatic hydroxyl groups excluding tert-OH is 2. The second-order valence-electron chi connectivity index (χ2n) is 13.2. The van der Waals surface area contributed by atoms with Crippen molar-refractivity contribution in [3.05, 3.63) is 11.6 Å². The maximum absolute atomic E-state index is 12.4. The molecule has 0 aromatic rings. The van der Waals surface area contributed by atoms with E-state index in [1.807, 2.05) is 0 Å². The highest BCUT2D eigenvalue weighted by molar-refractivity contribution is 5.85. The van der Waals surface area contributed by atoms with E-state index in [-0.39, 0.29) is 36.2 Å². The van der Waals surface area contributed by atoms with Crippen molar-refractivity contribution in [1.82, 2.24) is 0 Å². The van der Waals surface area contributed by atoms with Crippen LogP contribution < -0.4 is 0 Å². The molecule has 0 unspecified atom stereocenters. The van der Waals surface area contributed by atoms with Crippen LogP contribution in [0.4, 0.5) is 0 Å². The van der Waals surface area contributed by atoms with Gasteiger partial charge in [0.25, 0.3) is 0 Å². The third-order valence-electron chi connectivity index (χ3n) is 11.8. The van der Waals surface area contributed by atoms with E-state index in [1.54, 1.807) is 13.0 Å². The molecule has 0 radical (unpaired) electrons. The lowest BCUT2D eigenvalue weighted by Gasteiger charge is -2.64. The number of carbonyl (C=O) groups excluding carboxylic acids is 1. The molecule has 0 bridgehead atoms. The first-order valence-corrected chi connectivity index (χ1v) is 14.4. The number of esters is 1. The summed E-state index contributed by atoms with van der Waals surface area (Å²) in [5, 5.41) is 55.2. The number of cyclic esters (lactones) is 1. The van der Waals surface area contributed by atoms with Crippen molar-refractivity contribution < 1.29 is 39.4 Å². The van der Waals surface area contributed by atoms with Gasteiger partial charge in [-0.15, -0.1) is 0 Å². The standard InChI is InChI=1S/C29H41NO8/c1-16-25(33)22(31)12-24(37-16)38-18-3-8-27(15-30)20-4-7-26(2)19(17-11-23(32)36-14-17)6-10-29(26,35)21(20)5-9-28(27,34)13-18/h11,16,18-22,24-25,31,33-35H,3-10,12-14H2,1-2H3/t16-,18+,19-,20-,21+,22+,24+,25+,26+,27-,28-,29-/m0/s1. The van der Waals surface area contributed by atoms with Crippen LogP contribution in [0.2, 0.25) is 0 Å². The predicted molar refractivity (Wildman–Crippen MR) is 133 cm³/mol. The van der Waals surface area contributed by atoms with Gasteiger partial charge < -0.3 is 34.6 Å². The smallest absolute Gasteiger partial charge is 0.331 e. The third kappa shape index (κ3) is 3.60. The summed E-state index contributed by atoms with van der Waals surface area (Å²) in [5.74, 6) is -0.449. The molecule has 2 heterocycles. The molecule has 5 fully saturated rings. The number of fused-ring (bicyclic) bond motifs is 5. The molecule has 4 aliphatic carbocycles. The van der Waals surface area contributed by atoms with Crippen LogP contribution in [0.25, 0.3) is 0 Å². The highest BCUT2D eigenvalue weighted by atomic mass is 16.7. The number of hydrogen-bond donors (Lipinski definition) is 4. The zero-order valence-corrected chi connectivity index (χ0v) is 22.3. The normalized spacial score (nSPS) is 54.2. The molecule has 0 aromatic heterocycles. The molecule has 12 atom stereocenters. The molecule has 6 aliphatic rings. The van der Waals surface area contributed by atoms with Gasteiger partial charge >= 0.3 is 5.97 Å². The Balaban J connectivity index is 1.22. The fraction of sp³-hybridized carbons (Fsp3) is 0.862. The van der Waals surface area contributed by atoms with Crippen LogP contribution in [0, 0.1) is 39.9 Å². The quantitative estimate of drug-likeness (QED) is 0.317. The molecule has 210 valence electrons. The van der Waals surface area contributed by atoms with Gasteiger partial charge in [-0.3, -0.25) is 0 Å². The number of rotatable bonds is 3. The highest BCUT2D eigenvalue weighted by Gasteiger charge is 2.72. The number of ether oxygens (including phenoxy) is 3. The minimum atomic E-state index is -1.24. The van der Waals surface area contributed by atoms with Crippen molar-refractivity contribution in [2.45, 2.75) is 120 Å². The molecule has 1 saturated heterocycles. The zero-order valence-electron chi connectivity index (χ0n) is 22.3. The Bertz CT molecular complexity index is 1050. The third-order valence-corrected chi connectivity index (χ3v) is 11.8. The largest absolute Gasteiger partial charge is 0.458 e. The van der Waals surface area contributed by atoms with Crippen LogP contribution >= 0.6 is 0 Å². The van der Waals surface area contributed by atoms with Gasteiger partial charge in [-0.2, -0.15) is 5.26 Å². The molecule has 0 aromatic carbocycles. The Morgan fingerprint density at radius 1 is 1.08 bits per heavy atom. The van der Waals surface area contributed by atoms with Gasteiger partial charge in [0.1, 0.15) is 12.7 Å². The molecule has 2 aliphatic heterocycles. The molecular formula is C29H41NO8. The Hall–Kier alpha value is -1.54. The van der Waals surface area contributed by atoms with E-state index in [9.17, 15) is 30.5 Å². The minimum Gasteiger partial charge on any atom is -0.458 e. The van der Waals surface area contributed by atoms with E-state index in [0.717, 1.165) is 24.8 Å².